The molecule has 0 N–H and O–H groups in total. The van der Waals surface area contributed by atoms with Crippen LogP contribution < -0.4 is 0 Å². The van der Waals surface area contributed by atoms with Crippen molar-refractivity contribution in [2.45, 2.75) is 52.4 Å². The van der Waals surface area contributed by atoms with Crippen molar-refractivity contribution < 1.29 is 0 Å². The van der Waals surface area contributed by atoms with Crippen LogP contribution in [0.4, 0.5) is 0 Å². The van der Waals surface area contributed by atoms with Crippen molar-refractivity contribution in [3.63, 3.8) is 0 Å². The minimum Gasteiger partial charge on any atom is -0.0578 e. The summed E-state index contributed by atoms with van der Waals surface area (Å²) in [6.45, 7) is 13.7. The number of hydrogen-bond donors (Lipinski definition) is 0. The Bertz CT molecular complexity index is 1040. The molecule has 0 heteroatoms. The molecule has 0 saturated heterocycles. The lowest BCUT2D eigenvalue weighted by atomic mass is 9.84. The molecule has 132 valence electrons. The third-order valence-corrected chi connectivity index (χ3v) is 5.55. The van der Waals surface area contributed by atoms with E-state index in [1.54, 1.807) is 0 Å². The van der Waals surface area contributed by atoms with Crippen LogP contribution in [-0.4, -0.2) is 0 Å². The van der Waals surface area contributed by atoms with Crippen LogP contribution in [0, 0.1) is 0 Å². The van der Waals surface area contributed by atoms with Gasteiger partial charge in [-0.3, -0.25) is 0 Å². The summed E-state index contributed by atoms with van der Waals surface area (Å²) in [6.07, 6.45) is 0. The van der Waals surface area contributed by atoms with E-state index < -0.39 is 0 Å². The van der Waals surface area contributed by atoms with Gasteiger partial charge < -0.3 is 0 Å². The third kappa shape index (κ3) is 2.78. The van der Waals surface area contributed by atoms with Crippen LogP contribution >= 0.6 is 0 Å². The molecule has 4 rings (SSSR count). The van der Waals surface area contributed by atoms with Gasteiger partial charge in [0.25, 0.3) is 0 Å². The summed E-state index contributed by atoms with van der Waals surface area (Å²) in [5.74, 6) is 0. The zero-order valence-corrected chi connectivity index (χ0v) is 16.8. The lowest BCUT2D eigenvalue weighted by molar-refractivity contribution is 0.591. The Labute approximate surface area is 156 Å². The maximum absolute atomic E-state index is 2.36. The van der Waals surface area contributed by atoms with Crippen LogP contribution in [0.2, 0.25) is 0 Å². The average Bonchev–Trinajstić information content (AvgIpc) is 2.58. The number of rotatable bonds is 0. The van der Waals surface area contributed by atoms with Gasteiger partial charge >= 0.3 is 0 Å². The van der Waals surface area contributed by atoms with Crippen molar-refractivity contribution in [2.24, 2.45) is 0 Å². The molecule has 0 aromatic heterocycles. The van der Waals surface area contributed by atoms with Crippen LogP contribution in [0.15, 0.2) is 60.7 Å². The molecular weight excluding hydrogens is 312 g/mol. The van der Waals surface area contributed by atoms with Crippen molar-refractivity contribution in [3.05, 3.63) is 71.8 Å². The summed E-state index contributed by atoms with van der Waals surface area (Å²) in [6, 6.07) is 23.0. The molecule has 0 fully saturated rings. The van der Waals surface area contributed by atoms with Crippen molar-refractivity contribution in [1.82, 2.24) is 0 Å². The number of fused-ring (bicyclic) bond motifs is 5. The molecule has 0 nitrogen and oxygen atoms in total. The molecule has 0 aliphatic rings. The van der Waals surface area contributed by atoms with E-state index in [4.69, 9.17) is 0 Å². The molecule has 0 aliphatic heterocycles. The average molecular weight is 341 g/mol. The van der Waals surface area contributed by atoms with Gasteiger partial charge in [-0.25, -0.2) is 0 Å². The Balaban J connectivity index is 2.06. The van der Waals surface area contributed by atoms with E-state index in [-0.39, 0.29) is 10.8 Å². The molecule has 4 aromatic carbocycles. The highest BCUT2D eigenvalue weighted by Crippen LogP contribution is 2.36. The van der Waals surface area contributed by atoms with Gasteiger partial charge in [-0.1, -0.05) is 102 Å². The highest BCUT2D eigenvalue weighted by molar-refractivity contribution is 6.20. The monoisotopic (exact) mass is 340 g/mol. The first kappa shape index (κ1) is 17.1. The highest BCUT2D eigenvalue weighted by atomic mass is 14.2. The normalized spacial score (nSPS) is 13.0. The SMILES string of the molecule is CC(C)(C)c1ccc2c(ccc3ccc4cc(C(C)(C)C)ccc4c32)c1. The van der Waals surface area contributed by atoms with Gasteiger partial charge in [0.1, 0.15) is 0 Å². The first-order chi connectivity index (χ1) is 12.1. The molecule has 0 bridgehead atoms. The quantitative estimate of drug-likeness (QED) is 0.287. The summed E-state index contributed by atoms with van der Waals surface area (Å²) < 4.78 is 0. The molecule has 0 aliphatic carbocycles. The van der Waals surface area contributed by atoms with Crippen LogP contribution in [0.5, 0.6) is 0 Å². The summed E-state index contributed by atoms with van der Waals surface area (Å²) >= 11 is 0. The van der Waals surface area contributed by atoms with Gasteiger partial charge in [0.15, 0.2) is 0 Å². The second kappa shape index (κ2) is 5.58. The summed E-state index contributed by atoms with van der Waals surface area (Å²) in [4.78, 5) is 0. The predicted octanol–water partition coefficient (Wildman–Crippen LogP) is 7.74. The van der Waals surface area contributed by atoms with Gasteiger partial charge in [-0.2, -0.15) is 0 Å². The van der Waals surface area contributed by atoms with Crippen molar-refractivity contribution in [1.29, 1.82) is 0 Å². The minimum absolute atomic E-state index is 0.170. The second-order valence-corrected chi connectivity index (χ2v) is 9.60. The zero-order chi connectivity index (χ0) is 18.7. The van der Waals surface area contributed by atoms with Gasteiger partial charge in [0, 0.05) is 0 Å². The molecule has 0 atom stereocenters. The summed E-state index contributed by atoms with van der Waals surface area (Å²) in [7, 11) is 0. The Hall–Kier alpha value is -2.34. The van der Waals surface area contributed by atoms with Crippen molar-refractivity contribution in [2.75, 3.05) is 0 Å². The van der Waals surface area contributed by atoms with Crippen LogP contribution in [-0.2, 0) is 10.8 Å². The van der Waals surface area contributed by atoms with Crippen LogP contribution in [0.3, 0.4) is 0 Å². The fourth-order valence-corrected chi connectivity index (χ4v) is 3.83. The summed E-state index contributed by atoms with van der Waals surface area (Å²) in [5, 5.41) is 8.06. The lowest BCUT2D eigenvalue weighted by Crippen LogP contribution is -2.10. The first-order valence-electron chi connectivity index (χ1n) is 9.55. The van der Waals surface area contributed by atoms with E-state index in [1.807, 2.05) is 0 Å². The maximum Gasteiger partial charge on any atom is -0.00268 e. The fraction of sp³-hybridized carbons (Fsp3) is 0.308. The Kier molecular flexibility index (Phi) is 3.67. The molecule has 0 saturated carbocycles. The molecule has 0 radical (unpaired) electrons. The van der Waals surface area contributed by atoms with Crippen molar-refractivity contribution >= 4 is 32.3 Å². The Morgan fingerprint density at radius 2 is 0.846 bits per heavy atom. The van der Waals surface area contributed by atoms with E-state index >= 15 is 0 Å². The second-order valence-electron chi connectivity index (χ2n) is 9.60. The van der Waals surface area contributed by atoms with Gasteiger partial charge in [-0.05, 0) is 54.3 Å². The van der Waals surface area contributed by atoms with Gasteiger partial charge in [0.05, 0.1) is 0 Å². The first-order valence-corrected chi connectivity index (χ1v) is 9.55. The van der Waals surface area contributed by atoms with E-state index in [1.165, 1.54) is 43.4 Å². The molecule has 0 heterocycles. The van der Waals surface area contributed by atoms with Crippen LogP contribution in [0.1, 0.15) is 52.7 Å². The zero-order valence-electron chi connectivity index (χ0n) is 16.8. The lowest BCUT2D eigenvalue weighted by Gasteiger charge is -2.21. The number of hydrogen-bond acceptors (Lipinski definition) is 0. The topological polar surface area (TPSA) is 0 Å². The van der Waals surface area contributed by atoms with E-state index in [0.29, 0.717) is 0 Å². The van der Waals surface area contributed by atoms with Crippen LogP contribution in [0.25, 0.3) is 32.3 Å². The minimum atomic E-state index is 0.170. The smallest absolute Gasteiger partial charge is 0.00268 e. The van der Waals surface area contributed by atoms with E-state index in [2.05, 4.69) is 102 Å². The molecule has 0 amide bonds. The Morgan fingerprint density at radius 3 is 1.23 bits per heavy atom. The van der Waals surface area contributed by atoms with Gasteiger partial charge in [-0.15, -0.1) is 0 Å². The summed E-state index contributed by atoms with van der Waals surface area (Å²) in [5.41, 5.74) is 3.12. The highest BCUT2D eigenvalue weighted by Gasteiger charge is 2.16. The predicted molar refractivity (Wildman–Crippen MR) is 116 cm³/mol. The van der Waals surface area contributed by atoms with Crippen molar-refractivity contribution in [3.8, 4) is 0 Å². The standard InChI is InChI=1S/C26H28/c1-25(2,3)20-11-13-22-18(15-20)9-7-17-8-10-19-16-21(26(4,5)6)12-14-23(19)24(17)22/h7-16H,1-6H3. The molecule has 0 spiro atoms. The maximum atomic E-state index is 2.36. The molecule has 4 aromatic rings. The molecule has 26 heavy (non-hydrogen) atoms. The number of benzene rings is 4. The van der Waals surface area contributed by atoms with E-state index in [0.717, 1.165) is 0 Å². The third-order valence-electron chi connectivity index (χ3n) is 5.55. The largest absolute Gasteiger partial charge is 0.0578 e. The van der Waals surface area contributed by atoms with Gasteiger partial charge in [0.2, 0.25) is 0 Å². The fourth-order valence-electron chi connectivity index (χ4n) is 3.83. The van der Waals surface area contributed by atoms with E-state index in [9.17, 15) is 0 Å². The molecular formula is C26H28. The Morgan fingerprint density at radius 1 is 0.462 bits per heavy atom. The molecule has 0 unspecified atom stereocenters.